The lowest BCUT2D eigenvalue weighted by molar-refractivity contribution is 0.00289. The average molecular weight is 568 g/mol. The maximum atomic E-state index is 13.3. The van der Waals surface area contributed by atoms with Gasteiger partial charge in [0.2, 0.25) is 0 Å². The number of rotatable bonds is 13. The molecule has 0 unspecified atom stereocenters. The Morgan fingerprint density at radius 2 is 1.90 bits per heavy atom. The van der Waals surface area contributed by atoms with Gasteiger partial charge in [0.15, 0.2) is 0 Å². The molecule has 2 aliphatic heterocycles. The van der Waals surface area contributed by atoms with Gasteiger partial charge in [-0.05, 0) is 50.1 Å². The monoisotopic (exact) mass is 567 g/mol. The van der Waals surface area contributed by atoms with E-state index in [1.165, 1.54) is 41.1 Å². The van der Waals surface area contributed by atoms with Crippen molar-refractivity contribution in [3.63, 3.8) is 0 Å². The summed E-state index contributed by atoms with van der Waals surface area (Å²) >= 11 is 0. The number of likely N-dealkylation sites (tertiary alicyclic amines) is 1. The minimum Gasteiger partial charge on any atom is -0.498 e. The third-order valence-electron chi connectivity index (χ3n) is 7.35. The summed E-state index contributed by atoms with van der Waals surface area (Å²) in [4.78, 5) is 31.9. The Morgan fingerprint density at radius 1 is 1.15 bits per heavy atom. The quantitative estimate of drug-likeness (QED) is 0.200. The molecule has 2 aromatic rings. The Labute approximate surface area is 240 Å². The molecule has 2 saturated heterocycles. The van der Waals surface area contributed by atoms with E-state index < -0.39 is 17.7 Å². The van der Waals surface area contributed by atoms with Crippen molar-refractivity contribution in [1.29, 1.82) is 0 Å². The first kappa shape index (κ1) is 30.2. The van der Waals surface area contributed by atoms with Gasteiger partial charge in [-0.3, -0.25) is 14.8 Å². The van der Waals surface area contributed by atoms with Crippen LogP contribution in [0.1, 0.15) is 49.0 Å². The van der Waals surface area contributed by atoms with Crippen LogP contribution in [-0.4, -0.2) is 78.7 Å². The molecule has 41 heavy (non-hydrogen) atoms. The van der Waals surface area contributed by atoms with Gasteiger partial charge in [-0.2, -0.15) is 0 Å². The lowest BCUT2D eigenvalue weighted by atomic mass is 9.91. The molecule has 1 N–H and O–H groups in total. The predicted octanol–water partition coefficient (Wildman–Crippen LogP) is 5.23. The van der Waals surface area contributed by atoms with Crippen molar-refractivity contribution in [2.24, 2.45) is 0 Å². The van der Waals surface area contributed by atoms with Gasteiger partial charge in [-0.25, -0.2) is 14.0 Å². The number of pyridine rings is 1. The van der Waals surface area contributed by atoms with Crippen molar-refractivity contribution in [3.05, 3.63) is 83.2 Å². The number of carboxylic acid groups (broad SMARTS) is 1. The molecule has 9 nitrogen and oxygen atoms in total. The standard InChI is InChI=1S/C31H38FN3O6/c1-3-39-16-11-24(7-10-28(40-4-2)17-23-5-8-26(32)9-6-23)21-34-14-12-31(13-15-34)22-35(30(38)41-31)27-18-25(29(36)37)19-33-20-27/h5-6,8-11,18-20H,3-4,7,12-17,21-22H2,1-2H3,(H,36,37)/b24-11+,28-10+. The Hall–Kier alpha value is -3.76. The van der Waals surface area contributed by atoms with Crippen molar-refractivity contribution in [2.45, 2.75) is 45.1 Å². The number of anilines is 1. The van der Waals surface area contributed by atoms with E-state index in [1.807, 2.05) is 13.8 Å². The van der Waals surface area contributed by atoms with Crippen LogP contribution in [-0.2, 0) is 20.6 Å². The first-order valence-electron chi connectivity index (χ1n) is 14.0. The van der Waals surface area contributed by atoms with E-state index in [9.17, 15) is 19.1 Å². The van der Waals surface area contributed by atoms with Gasteiger partial charge in [0.1, 0.15) is 11.4 Å². The van der Waals surface area contributed by atoms with E-state index in [2.05, 4.69) is 22.0 Å². The van der Waals surface area contributed by atoms with Crippen LogP contribution in [0.5, 0.6) is 0 Å². The van der Waals surface area contributed by atoms with Crippen molar-refractivity contribution in [1.82, 2.24) is 9.88 Å². The highest BCUT2D eigenvalue weighted by molar-refractivity contribution is 5.93. The molecule has 1 spiro atoms. The van der Waals surface area contributed by atoms with E-state index in [-0.39, 0.29) is 11.4 Å². The number of aromatic nitrogens is 1. The lowest BCUT2D eigenvalue weighted by Crippen LogP contribution is -2.47. The number of ether oxygens (including phenoxy) is 3. The van der Waals surface area contributed by atoms with E-state index in [0.717, 1.165) is 31.0 Å². The first-order valence-corrected chi connectivity index (χ1v) is 14.0. The minimum absolute atomic E-state index is 0.0247. The van der Waals surface area contributed by atoms with Gasteiger partial charge < -0.3 is 19.3 Å². The van der Waals surface area contributed by atoms with Crippen LogP contribution in [0, 0.1) is 5.82 Å². The van der Waals surface area contributed by atoms with E-state index in [4.69, 9.17) is 14.2 Å². The molecular weight excluding hydrogens is 529 g/mol. The number of hydrogen-bond donors (Lipinski definition) is 1. The molecule has 0 bridgehead atoms. The van der Waals surface area contributed by atoms with Gasteiger partial charge in [-0.1, -0.05) is 23.8 Å². The second-order valence-corrected chi connectivity index (χ2v) is 10.3. The molecule has 2 aliphatic rings. The molecule has 220 valence electrons. The molecule has 0 saturated carbocycles. The highest BCUT2D eigenvalue weighted by Gasteiger charge is 2.47. The Bertz CT molecular complexity index is 1250. The van der Waals surface area contributed by atoms with Crippen molar-refractivity contribution >= 4 is 17.7 Å². The molecular formula is C31H38FN3O6. The Morgan fingerprint density at radius 3 is 2.59 bits per heavy atom. The normalized spacial score (nSPS) is 17.6. The van der Waals surface area contributed by atoms with Gasteiger partial charge >= 0.3 is 12.1 Å². The van der Waals surface area contributed by atoms with Crippen LogP contribution in [0.4, 0.5) is 14.9 Å². The molecule has 1 aromatic heterocycles. The summed E-state index contributed by atoms with van der Waals surface area (Å²) < 4.78 is 30.7. The summed E-state index contributed by atoms with van der Waals surface area (Å²) in [6.45, 7) is 8.22. The fourth-order valence-electron chi connectivity index (χ4n) is 5.10. The van der Waals surface area contributed by atoms with Crippen molar-refractivity contribution in [2.75, 3.05) is 50.9 Å². The predicted molar refractivity (Wildman–Crippen MR) is 152 cm³/mol. The van der Waals surface area contributed by atoms with Crippen LogP contribution >= 0.6 is 0 Å². The molecule has 2 fully saturated rings. The summed E-state index contributed by atoms with van der Waals surface area (Å²) in [6, 6.07) is 7.91. The second-order valence-electron chi connectivity index (χ2n) is 10.3. The number of nitrogens with zero attached hydrogens (tertiary/aromatic N) is 3. The van der Waals surface area contributed by atoms with Crippen LogP contribution in [0.15, 0.2) is 66.2 Å². The van der Waals surface area contributed by atoms with Gasteiger partial charge in [0.05, 0.1) is 43.0 Å². The maximum Gasteiger partial charge on any atom is 0.415 e. The van der Waals surface area contributed by atoms with Crippen LogP contribution in [0.25, 0.3) is 0 Å². The zero-order chi connectivity index (χ0) is 29.2. The SMILES string of the molecule is CCOC/C=C(\C/C=C(\Cc1ccc(F)cc1)OCC)CN1CCC2(CC1)CN(c1cncc(C(=O)O)c1)C(=O)O2. The Kier molecular flexibility index (Phi) is 10.5. The highest BCUT2D eigenvalue weighted by atomic mass is 19.1. The average Bonchev–Trinajstić information content (AvgIpc) is 3.29. The third-order valence-corrected chi connectivity index (χ3v) is 7.35. The number of carbonyl (C=O) groups excluding carboxylic acids is 1. The molecule has 4 rings (SSSR count). The number of hydrogen-bond acceptors (Lipinski definition) is 7. The fraction of sp³-hybridized carbons (Fsp3) is 0.452. The molecule has 3 heterocycles. The van der Waals surface area contributed by atoms with E-state index in [0.29, 0.717) is 57.7 Å². The number of carboxylic acids is 1. The van der Waals surface area contributed by atoms with Gasteiger partial charge in [0.25, 0.3) is 0 Å². The number of benzene rings is 1. The van der Waals surface area contributed by atoms with Crippen LogP contribution in [0.3, 0.4) is 0 Å². The molecule has 0 atom stereocenters. The Balaban J connectivity index is 1.37. The van der Waals surface area contributed by atoms with E-state index >= 15 is 0 Å². The molecule has 0 radical (unpaired) electrons. The van der Waals surface area contributed by atoms with Crippen LogP contribution in [0.2, 0.25) is 0 Å². The summed E-state index contributed by atoms with van der Waals surface area (Å²) in [5.74, 6) is -0.509. The first-order chi connectivity index (χ1) is 19.8. The summed E-state index contributed by atoms with van der Waals surface area (Å²) in [5.41, 5.74) is 2.02. The zero-order valence-electron chi connectivity index (χ0n) is 23.7. The summed E-state index contributed by atoms with van der Waals surface area (Å²) in [6.07, 6.45) is 9.10. The number of allylic oxidation sites excluding steroid dienone is 2. The van der Waals surface area contributed by atoms with Crippen molar-refractivity contribution < 1.29 is 33.3 Å². The maximum absolute atomic E-state index is 13.3. The number of aromatic carboxylic acids is 1. The number of halogens is 1. The molecule has 10 heteroatoms. The van der Waals surface area contributed by atoms with Gasteiger partial charge in [0, 0.05) is 51.7 Å². The van der Waals surface area contributed by atoms with E-state index in [1.54, 1.807) is 12.1 Å². The van der Waals surface area contributed by atoms with Gasteiger partial charge in [-0.15, -0.1) is 0 Å². The fourth-order valence-corrected chi connectivity index (χ4v) is 5.10. The topological polar surface area (TPSA) is 101 Å². The summed E-state index contributed by atoms with van der Waals surface area (Å²) in [7, 11) is 0. The number of piperidine rings is 1. The number of carbonyl (C=O) groups is 2. The summed E-state index contributed by atoms with van der Waals surface area (Å²) in [5, 5.41) is 9.28. The lowest BCUT2D eigenvalue weighted by Gasteiger charge is -2.37. The third kappa shape index (κ3) is 8.37. The highest BCUT2D eigenvalue weighted by Crippen LogP contribution is 2.36. The molecule has 1 amide bonds. The van der Waals surface area contributed by atoms with Crippen LogP contribution < -0.4 is 4.90 Å². The van der Waals surface area contributed by atoms with Crippen molar-refractivity contribution in [3.8, 4) is 0 Å². The zero-order valence-corrected chi connectivity index (χ0v) is 23.7. The number of amides is 1. The molecule has 1 aromatic carbocycles. The molecule has 0 aliphatic carbocycles. The smallest absolute Gasteiger partial charge is 0.415 e. The largest absolute Gasteiger partial charge is 0.498 e. The second kappa shape index (κ2) is 14.2. The minimum atomic E-state index is -1.10.